The van der Waals surface area contributed by atoms with E-state index in [1.165, 1.54) is 11.6 Å². The average molecular weight is 433 g/mol. The number of rotatable bonds is 4. The molecular weight excluding hydrogens is 407 g/mol. The van der Waals surface area contributed by atoms with E-state index in [2.05, 4.69) is 11.9 Å². The fraction of sp³-hybridized carbons (Fsp3) is 0.417. The molecule has 7 heteroatoms. The molecule has 1 saturated carbocycles. The van der Waals surface area contributed by atoms with E-state index in [4.69, 9.17) is 14.5 Å². The van der Waals surface area contributed by atoms with Crippen molar-refractivity contribution in [1.82, 2.24) is 0 Å². The Morgan fingerprint density at radius 2 is 1.81 bits per heavy atom. The van der Waals surface area contributed by atoms with E-state index in [1.54, 1.807) is 6.07 Å². The molecule has 2 fully saturated rings. The fourth-order valence-electron chi connectivity index (χ4n) is 3.99. The van der Waals surface area contributed by atoms with Gasteiger partial charge in [-0.25, -0.2) is 9.78 Å². The summed E-state index contributed by atoms with van der Waals surface area (Å²) in [5, 5.41) is 3.20. The number of nitrogens with one attached hydrogen (secondary N) is 1. The summed E-state index contributed by atoms with van der Waals surface area (Å²) in [4.78, 5) is 11.3. The van der Waals surface area contributed by atoms with Gasteiger partial charge >= 0.3 is 6.18 Å². The van der Waals surface area contributed by atoms with Gasteiger partial charge in [-0.05, 0) is 49.1 Å². The molecule has 166 valence electrons. The van der Waals surface area contributed by atoms with E-state index in [9.17, 15) is 13.2 Å². The summed E-state index contributed by atoms with van der Waals surface area (Å²) in [5.41, 5.74) is 2.76. The van der Waals surface area contributed by atoms with E-state index in [-0.39, 0.29) is 12.1 Å². The zero-order chi connectivity index (χ0) is 22.1. The molecule has 4 rings (SSSR count). The number of aryl methyl sites for hydroxylation is 1. The first-order chi connectivity index (χ1) is 14.7. The Balaban J connectivity index is 1.29. The highest BCUT2D eigenvalue weighted by Gasteiger charge is 2.43. The summed E-state index contributed by atoms with van der Waals surface area (Å²) in [7, 11) is 0. The van der Waals surface area contributed by atoms with Crippen molar-refractivity contribution in [3.63, 3.8) is 0 Å². The molecule has 2 aromatic rings. The lowest BCUT2D eigenvalue weighted by atomic mass is 9.89. The first-order valence-electron chi connectivity index (χ1n) is 10.4. The lowest BCUT2D eigenvalue weighted by Gasteiger charge is -2.43. The SMILES string of the molecule is C=C(c1ccc(C)cc1)C1COC2(CCC(Nc3cccc(C(F)(F)F)c3)CC2)OO1. The summed E-state index contributed by atoms with van der Waals surface area (Å²) >= 11 is 0. The lowest BCUT2D eigenvalue weighted by Crippen LogP contribution is -2.49. The Morgan fingerprint density at radius 3 is 2.42 bits per heavy atom. The summed E-state index contributed by atoms with van der Waals surface area (Å²) in [6, 6.07) is 13.4. The zero-order valence-electron chi connectivity index (χ0n) is 17.4. The molecule has 2 aliphatic rings. The van der Waals surface area contributed by atoms with Crippen molar-refractivity contribution in [3.05, 3.63) is 71.8 Å². The lowest BCUT2D eigenvalue weighted by molar-refractivity contribution is -0.483. The molecule has 1 unspecified atom stereocenters. The van der Waals surface area contributed by atoms with Crippen molar-refractivity contribution in [3.8, 4) is 0 Å². The molecule has 1 aliphatic heterocycles. The first-order valence-corrected chi connectivity index (χ1v) is 10.4. The van der Waals surface area contributed by atoms with E-state index >= 15 is 0 Å². The predicted molar refractivity (Wildman–Crippen MR) is 112 cm³/mol. The van der Waals surface area contributed by atoms with Crippen molar-refractivity contribution < 1.29 is 27.7 Å². The van der Waals surface area contributed by atoms with Crippen LogP contribution in [-0.4, -0.2) is 24.5 Å². The van der Waals surface area contributed by atoms with Crippen LogP contribution in [0.25, 0.3) is 5.57 Å². The molecule has 0 radical (unpaired) electrons. The summed E-state index contributed by atoms with van der Waals surface area (Å²) in [6.45, 7) is 6.49. The van der Waals surface area contributed by atoms with Crippen LogP contribution in [0, 0.1) is 6.92 Å². The smallest absolute Gasteiger partial charge is 0.382 e. The molecule has 0 amide bonds. The second-order valence-electron chi connectivity index (χ2n) is 8.28. The van der Waals surface area contributed by atoms with E-state index in [0.29, 0.717) is 38.0 Å². The molecule has 1 saturated heterocycles. The van der Waals surface area contributed by atoms with Gasteiger partial charge in [-0.1, -0.05) is 42.5 Å². The highest BCUT2D eigenvalue weighted by atomic mass is 19.4. The van der Waals surface area contributed by atoms with Crippen LogP contribution in [0.1, 0.15) is 42.4 Å². The molecule has 1 aliphatic carbocycles. The Bertz CT molecular complexity index is 908. The maximum Gasteiger partial charge on any atom is 0.416 e. The van der Waals surface area contributed by atoms with Crippen molar-refractivity contribution in [2.45, 2.75) is 56.7 Å². The minimum absolute atomic E-state index is 0.0431. The second kappa shape index (κ2) is 8.65. The van der Waals surface area contributed by atoms with Gasteiger partial charge in [0.25, 0.3) is 0 Å². The highest BCUT2D eigenvalue weighted by Crippen LogP contribution is 2.39. The van der Waals surface area contributed by atoms with Crippen LogP contribution < -0.4 is 5.32 Å². The van der Waals surface area contributed by atoms with Crippen LogP contribution in [0.5, 0.6) is 0 Å². The van der Waals surface area contributed by atoms with Crippen molar-refractivity contribution in [1.29, 1.82) is 0 Å². The van der Waals surface area contributed by atoms with E-state index < -0.39 is 17.5 Å². The van der Waals surface area contributed by atoms with Crippen LogP contribution in [0.15, 0.2) is 55.1 Å². The van der Waals surface area contributed by atoms with Crippen LogP contribution in [0.2, 0.25) is 0 Å². The molecule has 4 nitrogen and oxygen atoms in total. The van der Waals surface area contributed by atoms with Crippen LogP contribution in [0.4, 0.5) is 18.9 Å². The van der Waals surface area contributed by atoms with Gasteiger partial charge < -0.3 is 10.1 Å². The highest BCUT2D eigenvalue weighted by molar-refractivity contribution is 5.67. The molecule has 2 aromatic carbocycles. The first kappa shape index (κ1) is 21.9. The maximum atomic E-state index is 12.9. The fourth-order valence-corrected chi connectivity index (χ4v) is 3.99. The topological polar surface area (TPSA) is 39.7 Å². The molecule has 31 heavy (non-hydrogen) atoms. The molecule has 0 bridgehead atoms. The van der Waals surface area contributed by atoms with Gasteiger partial charge in [-0.2, -0.15) is 13.2 Å². The Morgan fingerprint density at radius 1 is 1.10 bits per heavy atom. The molecule has 0 aromatic heterocycles. The van der Waals surface area contributed by atoms with Gasteiger partial charge in [0.05, 0.1) is 12.2 Å². The number of benzene rings is 2. The van der Waals surface area contributed by atoms with E-state index in [1.807, 2.05) is 31.2 Å². The maximum absolute atomic E-state index is 12.9. The Kier molecular flexibility index (Phi) is 6.10. The number of hydrogen-bond acceptors (Lipinski definition) is 4. The third-order valence-corrected chi connectivity index (χ3v) is 5.93. The predicted octanol–water partition coefficient (Wildman–Crippen LogP) is 6.13. The third-order valence-electron chi connectivity index (χ3n) is 5.93. The van der Waals surface area contributed by atoms with Crippen LogP contribution in [-0.2, 0) is 20.7 Å². The molecule has 1 spiro atoms. The Labute approximate surface area is 179 Å². The Hall–Kier alpha value is -2.35. The van der Waals surface area contributed by atoms with Crippen molar-refractivity contribution in [2.24, 2.45) is 0 Å². The van der Waals surface area contributed by atoms with Crippen molar-refractivity contribution in [2.75, 3.05) is 11.9 Å². The van der Waals surface area contributed by atoms with Gasteiger partial charge in [0.15, 0.2) is 0 Å². The standard InChI is InChI=1S/C24H26F3NO3/c1-16-6-8-18(9-7-16)17(2)22-15-29-23(31-30-22)12-10-20(11-13-23)28-21-5-3-4-19(14-21)24(25,26)27/h3-9,14,20,22,28H,2,10-13,15H2,1H3. The van der Waals surface area contributed by atoms with Crippen molar-refractivity contribution >= 4 is 11.3 Å². The minimum Gasteiger partial charge on any atom is -0.382 e. The van der Waals surface area contributed by atoms with Gasteiger partial charge in [0.2, 0.25) is 5.79 Å². The number of alkyl halides is 3. The third kappa shape index (κ3) is 5.11. The average Bonchev–Trinajstić information content (AvgIpc) is 2.76. The second-order valence-corrected chi connectivity index (χ2v) is 8.28. The number of halogens is 3. The normalized spacial score (nSPS) is 26.6. The minimum atomic E-state index is -4.35. The van der Waals surface area contributed by atoms with Gasteiger partial charge in [0.1, 0.15) is 6.10 Å². The summed E-state index contributed by atoms with van der Waals surface area (Å²) in [5.74, 6) is -0.809. The summed E-state index contributed by atoms with van der Waals surface area (Å²) < 4.78 is 44.8. The van der Waals surface area contributed by atoms with Crippen LogP contribution in [0.3, 0.4) is 0 Å². The van der Waals surface area contributed by atoms with Crippen LogP contribution >= 0.6 is 0 Å². The van der Waals surface area contributed by atoms with E-state index in [0.717, 1.165) is 23.3 Å². The number of anilines is 1. The molecule has 1 heterocycles. The number of hydrogen-bond donors (Lipinski definition) is 1. The summed E-state index contributed by atoms with van der Waals surface area (Å²) in [6.07, 6.45) is -2.16. The molecular formula is C24H26F3NO3. The molecule has 1 atom stereocenters. The zero-order valence-corrected chi connectivity index (χ0v) is 17.4. The number of ether oxygens (including phenoxy) is 1. The van der Waals surface area contributed by atoms with Gasteiger partial charge in [0, 0.05) is 24.6 Å². The quantitative estimate of drug-likeness (QED) is 0.590. The van der Waals surface area contributed by atoms with Gasteiger partial charge in [-0.15, -0.1) is 0 Å². The molecule has 1 N–H and O–H groups in total. The van der Waals surface area contributed by atoms with Gasteiger partial charge in [-0.3, -0.25) is 0 Å². The largest absolute Gasteiger partial charge is 0.416 e. The monoisotopic (exact) mass is 433 g/mol.